The van der Waals surface area contributed by atoms with Crippen LogP contribution >= 0.6 is 0 Å². The molecule has 3 aromatic rings. The van der Waals surface area contributed by atoms with Crippen molar-refractivity contribution in [2.45, 2.75) is 50.6 Å². The van der Waals surface area contributed by atoms with Crippen LogP contribution in [0.25, 0.3) is 0 Å². The van der Waals surface area contributed by atoms with Crippen molar-refractivity contribution in [3.8, 4) is 0 Å². The first kappa shape index (κ1) is 27.1. The molecule has 1 unspecified atom stereocenters. The number of alkyl halides is 6. The largest absolute Gasteiger partial charge is 0.423 e. The lowest BCUT2D eigenvalue weighted by atomic mass is 9.95. The standard InChI is InChI=1S/C23H23F6N7O2/c1-13(33-17-10-32-34-20(37)18(17)23(27,28)29)11-35-5-2-15(12-35)21(38)36-6-3-14(4-7-36)19-30-8-16(9-31-19)22(24,25)26/h2,5,8-10,12-14H,3-4,6-7,11H2,1H3,(H2,33,34,37). The number of piperidine rings is 1. The molecule has 0 aromatic carbocycles. The Balaban J connectivity index is 1.33. The molecule has 204 valence electrons. The predicted octanol–water partition coefficient (Wildman–Crippen LogP) is 3.92. The summed E-state index contributed by atoms with van der Waals surface area (Å²) in [5.41, 5.74) is -3.70. The van der Waals surface area contributed by atoms with Crippen molar-refractivity contribution >= 4 is 11.6 Å². The van der Waals surface area contributed by atoms with Crippen LogP contribution < -0.4 is 10.9 Å². The van der Waals surface area contributed by atoms with Gasteiger partial charge in [-0.15, -0.1) is 0 Å². The number of hydrogen-bond acceptors (Lipinski definition) is 6. The van der Waals surface area contributed by atoms with Crippen molar-refractivity contribution in [1.29, 1.82) is 0 Å². The van der Waals surface area contributed by atoms with Crippen LogP contribution in [0.5, 0.6) is 0 Å². The molecule has 1 aliphatic rings. The van der Waals surface area contributed by atoms with Gasteiger partial charge in [-0.25, -0.2) is 15.1 Å². The molecule has 3 aromatic heterocycles. The number of carbonyl (C=O) groups is 1. The number of carbonyl (C=O) groups excluding carboxylic acids is 1. The fourth-order valence-corrected chi connectivity index (χ4v) is 4.32. The number of anilines is 1. The first-order valence-corrected chi connectivity index (χ1v) is 11.6. The zero-order valence-corrected chi connectivity index (χ0v) is 20.0. The first-order chi connectivity index (χ1) is 17.8. The van der Waals surface area contributed by atoms with E-state index in [2.05, 4.69) is 20.4 Å². The van der Waals surface area contributed by atoms with Crippen LogP contribution in [0.2, 0.25) is 0 Å². The molecule has 0 aliphatic carbocycles. The molecule has 9 nitrogen and oxygen atoms in total. The monoisotopic (exact) mass is 543 g/mol. The Bertz CT molecular complexity index is 1330. The van der Waals surface area contributed by atoms with Crippen LogP contribution in [-0.4, -0.2) is 54.7 Å². The van der Waals surface area contributed by atoms with Gasteiger partial charge in [-0.05, 0) is 25.8 Å². The van der Waals surface area contributed by atoms with Crippen LogP contribution in [0.1, 0.15) is 53.0 Å². The Labute approximate surface area is 211 Å². The predicted molar refractivity (Wildman–Crippen MR) is 122 cm³/mol. The van der Waals surface area contributed by atoms with Gasteiger partial charge in [0.1, 0.15) is 11.4 Å². The van der Waals surface area contributed by atoms with Gasteiger partial charge in [0.2, 0.25) is 0 Å². The number of H-pyrrole nitrogens is 1. The lowest BCUT2D eigenvalue weighted by Gasteiger charge is -2.31. The lowest BCUT2D eigenvalue weighted by Crippen LogP contribution is -2.38. The smallest absolute Gasteiger partial charge is 0.379 e. The number of amides is 1. The third kappa shape index (κ3) is 6.14. The summed E-state index contributed by atoms with van der Waals surface area (Å²) >= 11 is 0. The normalized spacial score (nSPS) is 15.9. The molecule has 0 spiro atoms. The summed E-state index contributed by atoms with van der Waals surface area (Å²) < 4.78 is 79.6. The van der Waals surface area contributed by atoms with Gasteiger partial charge in [0.25, 0.3) is 11.5 Å². The maximum absolute atomic E-state index is 13.3. The van der Waals surface area contributed by atoms with Gasteiger partial charge in [0, 0.05) is 56.4 Å². The minimum absolute atomic E-state index is 0.167. The number of likely N-dealkylation sites (tertiary alicyclic amines) is 1. The highest BCUT2D eigenvalue weighted by Crippen LogP contribution is 2.32. The number of aromatic nitrogens is 5. The highest BCUT2D eigenvalue weighted by Gasteiger charge is 2.37. The van der Waals surface area contributed by atoms with Crippen molar-refractivity contribution in [3.05, 3.63) is 69.9 Å². The molecular formula is C23H23F6N7O2. The van der Waals surface area contributed by atoms with Gasteiger partial charge in [-0.2, -0.15) is 31.4 Å². The van der Waals surface area contributed by atoms with Gasteiger partial charge in [0.15, 0.2) is 0 Å². The van der Waals surface area contributed by atoms with Gasteiger partial charge < -0.3 is 14.8 Å². The molecule has 2 N–H and O–H groups in total. The number of aromatic amines is 1. The summed E-state index contributed by atoms with van der Waals surface area (Å²) in [6.07, 6.45) is -2.79. The molecule has 4 rings (SSSR count). The van der Waals surface area contributed by atoms with E-state index in [1.165, 1.54) is 0 Å². The molecule has 15 heteroatoms. The average molecular weight is 543 g/mol. The van der Waals surface area contributed by atoms with Gasteiger partial charge >= 0.3 is 12.4 Å². The van der Waals surface area contributed by atoms with E-state index in [0.29, 0.717) is 37.3 Å². The van der Waals surface area contributed by atoms with E-state index in [1.54, 1.807) is 39.9 Å². The Hall–Kier alpha value is -3.91. The van der Waals surface area contributed by atoms with Gasteiger partial charge in [-0.3, -0.25) is 9.59 Å². The molecule has 4 heterocycles. The molecule has 1 amide bonds. The van der Waals surface area contributed by atoms with E-state index < -0.39 is 40.8 Å². The molecule has 1 fully saturated rings. The summed E-state index contributed by atoms with van der Waals surface area (Å²) in [6.45, 7) is 2.56. The fourth-order valence-electron chi connectivity index (χ4n) is 4.32. The van der Waals surface area contributed by atoms with Crippen molar-refractivity contribution in [1.82, 2.24) is 29.6 Å². The first-order valence-electron chi connectivity index (χ1n) is 11.6. The quantitative estimate of drug-likeness (QED) is 0.457. The third-order valence-corrected chi connectivity index (χ3v) is 6.17. The maximum atomic E-state index is 13.3. The number of hydrogen-bond donors (Lipinski definition) is 2. The van der Waals surface area contributed by atoms with Crippen LogP contribution in [0.15, 0.2) is 41.8 Å². The average Bonchev–Trinajstić information content (AvgIpc) is 3.30. The molecule has 1 aliphatic heterocycles. The van der Waals surface area contributed by atoms with Crippen LogP contribution in [0, 0.1) is 0 Å². The molecule has 0 saturated carbocycles. The number of nitrogens with one attached hydrogen (secondary N) is 2. The van der Waals surface area contributed by atoms with E-state index in [9.17, 15) is 35.9 Å². The Morgan fingerprint density at radius 3 is 2.37 bits per heavy atom. The van der Waals surface area contributed by atoms with Crippen molar-refractivity contribution < 1.29 is 31.1 Å². The summed E-state index contributed by atoms with van der Waals surface area (Å²) in [4.78, 5) is 33.9. The van der Waals surface area contributed by atoms with Gasteiger partial charge in [0.05, 0.1) is 23.0 Å². The number of nitrogens with zero attached hydrogens (tertiary/aromatic N) is 5. The van der Waals surface area contributed by atoms with Crippen LogP contribution in [0.4, 0.5) is 32.0 Å². The van der Waals surface area contributed by atoms with Crippen molar-refractivity contribution in [2.75, 3.05) is 18.4 Å². The molecule has 38 heavy (non-hydrogen) atoms. The molecule has 0 radical (unpaired) electrons. The summed E-state index contributed by atoms with van der Waals surface area (Å²) in [5.74, 6) is -0.101. The summed E-state index contributed by atoms with van der Waals surface area (Å²) in [5, 5.41) is 7.85. The van der Waals surface area contributed by atoms with Crippen molar-refractivity contribution in [2.24, 2.45) is 0 Å². The van der Waals surface area contributed by atoms with Crippen LogP contribution in [-0.2, 0) is 18.9 Å². The van der Waals surface area contributed by atoms with E-state index in [-0.39, 0.29) is 18.4 Å². The van der Waals surface area contributed by atoms with E-state index in [1.807, 2.05) is 0 Å². The zero-order chi connectivity index (χ0) is 27.7. The Morgan fingerprint density at radius 1 is 1.11 bits per heavy atom. The van der Waals surface area contributed by atoms with Gasteiger partial charge in [-0.1, -0.05) is 0 Å². The number of rotatable bonds is 6. The second kappa shape index (κ2) is 10.5. The highest BCUT2D eigenvalue weighted by atomic mass is 19.4. The summed E-state index contributed by atoms with van der Waals surface area (Å²) in [6, 6.07) is 1.05. The topological polar surface area (TPSA) is 109 Å². The lowest BCUT2D eigenvalue weighted by molar-refractivity contribution is -0.139. The van der Waals surface area contributed by atoms with E-state index >= 15 is 0 Å². The molecule has 1 atom stereocenters. The zero-order valence-electron chi connectivity index (χ0n) is 20.0. The summed E-state index contributed by atoms with van der Waals surface area (Å²) in [7, 11) is 0. The SMILES string of the molecule is CC(Cn1ccc(C(=O)N2CCC(c3ncc(C(F)(F)F)cn3)CC2)c1)Nc1cn[nH]c(=O)c1C(F)(F)F. The fraction of sp³-hybridized carbons (Fsp3) is 0.435. The van der Waals surface area contributed by atoms with Crippen molar-refractivity contribution in [3.63, 3.8) is 0 Å². The molecule has 1 saturated heterocycles. The number of halogens is 6. The maximum Gasteiger partial charge on any atom is 0.423 e. The second-order valence-corrected chi connectivity index (χ2v) is 9.02. The Morgan fingerprint density at radius 2 is 1.76 bits per heavy atom. The molecular weight excluding hydrogens is 520 g/mol. The second-order valence-electron chi connectivity index (χ2n) is 9.02. The van der Waals surface area contributed by atoms with E-state index in [4.69, 9.17) is 0 Å². The minimum atomic E-state index is -4.86. The highest BCUT2D eigenvalue weighted by molar-refractivity contribution is 5.94. The van der Waals surface area contributed by atoms with Crippen LogP contribution in [0.3, 0.4) is 0 Å². The van der Waals surface area contributed by atoms with E-state index in [0.717, 1.165) is 18.6 Å². The third-order valence-electron chi connectivity index (χ3n) is 6.17. The Kier molecular flexibility index (Phi) is 7.47. The minimum Gasteiger partial charge on any atom is -0.379 e. The molecule has 0 bridgehead atoms.